The number of thioether (sulfide) groups is 1. The van der Waals surface area contributed by atoms with E-state index in [0.717, 1.165) is 22.9 Å². The molecule has 6 heteroatoms. The number of amides is 2. The predicted octanol–water partition coefficient (Wildman–Crippen LogP) is -1.01. The number of imide groups is 1. The lowest BCUT2D eigenvalue weighted by atomic mass is 10.1. The molecule has 1 saturated heterocycles. The molecule has 0 saturated carbocycles. The van der Waals surface area contributed by atoms with E-state index in [1.165, 1.54) is 4.90 Å². The summed E-state index contributed by atoms with van der Waals surface area (Å²) in [7, 11) is 0. The average Bonchev–Trinajstić information content (AvgIpc) is 2.60. The van der Waals surface area contributed by atoms with E-state index < -0.39 is 0 Å². The van der Waals surface area contributed by atoms with Crippen LogP contribution in [0.3, 0.4) is 0 Å². The maximum Gasteiger partial charge on any atom is 0.293 e. The molecule has 2 N–H and O–H groups in total. The zero-order valence-corrected chi connectivity index (χ0v) is 12.0. The SMILES string of the molecule is Cc1ccc(/C=C2\SC(=O)N(CCN)C2=O)cc1.[Cl-]. The van der Waals surface area contributed by atoms with E-state index >= 15 is 0 Å². The van der Waals surface area contributed by atoms with Crippen molar-refractivity contribution in [2.24, 2.45) is 5.73 Å². The molecule has 1 aliphatic rings. The molecule has 0 atom stereocenters. The highest BCUT2D eigenvalue weighted by Crippen LogP contribution is 2.31. The van der Waals surface area contributed by atoms with Crippen LogP contribution in [0.2, 0.25) is 0 Å². The Labute approximate surface area is 122 Å². The minimum Gasteiger partial charge on any atom is -1.00 e. The van der Waals surface area contributed by atoms with Gasteiger partial charge in [-0.1, -0.05) is 29.8 Å². The van der Waals surface area contributed by atoms with Gasteiger partial charge in [0.2, 0.25) is 0 Å². The van der Waals surface area contributed by atoms with Crippen molar-refractivity contribution in [2.45, 2.75) is 6.92 Å². The number of carbonyl (C=O) groups excluding carboxylic acids is 2. The van der Waals surface area contributed by atoms with Crippen LogP contribution in [0.4, 0.5) is 4.79 Å². The molecule has 1 aromatic carbocycles. The second kappa shape index (κ2) is 6.75. The fraction of sp³-hybridized carbons (Fsp3) is 0.231. The molecule has 1 aromatic rings. The molecule has 4 nitrogen and oxygen atoms in total. The topological polar surface area (TPSA) is 63.4 Å². The summed E-state index contributed by atoms with van der Waals surface area (Å²) in [5.74, 6) is -0.254. The van der Waals surface area contributed by atoms with Gasteiger partial charge in [-0.25, -0.2) is 0 Å². The van der Waals surface area contributed by atoms with E-state index in [-0.39, 0.29) is 36.6 Å². The number of hydrogen-bond donors (Lipinski definition) is 1. The second-order valence-electron chi connectivity index (χ2n) is 4.03. The van der Waals surface area contributed by atoms with Crippen LogP contribution in [0.15, 0.2) is 29.2 Å². The average molecular weight is 298 g/mol. The monoisotopic (exact) mass is 297 g/mol. The Balaban J connectivity index is 0.00000180. The molecule has 0 spiro atoms. The van der Waals surface area contributed by atoms with Gasteiger partial charge in [0, 0.05) is 13.1 Å². The van der Waals surface area contributed by atoms with Crippen molar-refractivity contribution in [2.75, 3.05) is 13.1 Å². The van der Waals surface area contributed by atoms with Gasteiger partial charge in [-0.2, -0.15) is 0 Å². The van der Waals surface area contributed by atoms with Gasteiger partial charge < -0.3 is 18.1 Å². The molecule has 1 fully saturated rings. The van der Waals surface area contributed by atoms with Crippen LogP contribution in [-0.4, -0.2) is 29.1 Å². The van der Waals surface area contributed by atoms with E-state index in [2.05, 4.69) is 0 Å². The molecule has 0 radical (unpaired) electrons. The molecular formula is C13H14ClN2O2S-. The van der Waals surface area contributed by atoms with Crippen LogP contribution in [0.1, 0.15) is 11.1 Å². The first-order valence-corrected chi connectivity index (χ1v) is 6.45. The highest BCUT2D eigenvalue weighted by Gasteiger charge is 2.34. The van der Waals surface area contributed by atoms with E-state index in [1.807, 2.05) is 31.2 Å². The smallest absolute Gasteiger partial charge is 0.293 e. The number of hydrogen-bond acceptors (Lipinski definition) is 4. The van der Waals surface area contributed by atoms with E-state index in [1.54, 1.807) is 6.08 Å². The van der Waals surface area contributed by atoms with Gasteiger partial charge in [0.15, 0.2) is 0 Å². The van der Waals surface area contributed by atoms with Crippen LogP contribution < -0.4 is 18.1 Å². The summed E-state index contributed by atoms with van der Waals surface area (Å²) in [6.45, 7) is 2.56. The standard InChI is InChI=1S/C13H14N2O2S.ClH/c1-9-2-4-10(5-3-9)8-11-12(16)15(7-6-14)13(17)18-11;/h2-5,8H,6-7,14H2,1H3;1H/p-1/b11-8-;. The van der Waals surface area contributed by atoms with Crippen LogP contribution in [0, 0.1) is 6.92 Å². The Bertz CT molecular complexity index is 514. The summed E-state index contributed by atoms with van der Waals surface area (Å²) in [6.07, 6.45) is 1.74. The van der Waals surface area contributed by atoms with E-state index in [0.29, 0.717) is 4.91 Å². The van der Waals surface area contributed by atoms with Crippen molar-refractivity contribution in [3.63, 3.8) is 0 Å². The lowest BCUT2D eigenvalue weighted by molar-refractivity contribution is -0.122. The van der Waals surface area contributed by atoms with Crippen LogP contribution >= 0.6 is 11.8 Å². The van der Waals surface area contributed by atoms with Gasteiger partial charge in [0.25, 0.3) is 11.1 Å². The van der Waals surface area contributed by atoms with Crippen LogP contribution in [-0.2, 0) is 4.79 Å². The molecule has 102 valence electrons. The minimum atomic E-state index is -0.254. The maximum atomic E-state index is 11.9. The lowest BCUT2D eigenvalue weighted by Crippen LogP contribution is -3.00. The molecule has 0 aromatic heterocycles. The van der Waals surface area contributed by atoms with Crippen molar-refractivity contribution in [3.05, 3.63) is 40.3 Å². The number of halogens is 1. The number of aryl methyl sites for hydroxylation is 1. The third-order valence-corrected chi connectivity index (χ3v) is 3.51. The summed E-state index contributed by atoms with van der Waals surface area (Å²) < 4.78 is 0. The van der Waals surface area contributed by atoms with Gasteiger partial charge in [0.05, 0.1) is 4.91 Å². The summed E-state index contributed by atoms with van der Waals surface area (Å²) in [5, 5.41) is -0.246. The zero-order chi connectivity index (χ0) is 13.1. The van der Waals surface area contributed by atoms with Crippen molar-refractivity contribution in [3.8, 4) is 0 Å². The molecule has 2 amide bonds. The first-order valence-electron chi connectivity index (χ1n) is 5.64. The number of nitrogens with two attached hydrogens (primary N) is 1. The van der Waals surface area contributed by atoms with E-state index in [9.17, 15) is 9.59 Å². The molecule has 0 bridgehead atoms. The Kier molecular flexibility index (Phi) is 5.60. The Morgan fingerprint density at radius 1 is 1.26 bits per heavy atom. The summed E-state index contributed by atoms with van der Waals surface area (Å²) >= 11 is 0.964. The Hall–Kier alpha value is -1.30. The molecule has 19 heavy (non-hydrogen) atoms. The van der Waals surface area contributed by atoms with Gasteiger partial charge in [-0.05, 0) is 30.3 Å². The quantitative estimate of drug-likeness (QED) is 0.727. The fourth-order valence-electron chi connectivity index (χ4n) is 1.64. The number of nitrogens with zero attached hydrogens (tertiary/aromatic N) is 1. The molecular weight excluding hydrogens is 284 g/mol. The zero-order valence-electron chi connectivity index (χ0n) is 10.4. The highest BCUT2D eigenvalue weighted by atomic mass is 35.5. The van der Waals surface area contributed by atoms with E-state index in [4.69, 9.17) is 5.73 Å². The van der Waals surface area contributed by atoms with Crippen molar-refractivity contribution in [1.29, 1.82) is 0 Å². The van der Waals surface area contributed by atoms with Crippen molar-refractivity contribution >= 4 is 29.0 Å². The van der Waals surface area contributed by atoms with Crippen LogP contribution in [0.5, 0.6) is 0 Å². The highest BCUT2D eigenvalue weighted by molar-refractivity contribution is 8.18. The fourth-order valence-corrected chi connectivity index (χ4v) is 2.50. The Morgan fingerprint density at radius 3 is 2.47 bits per heavy atom. The van der Waals surface area contributed by atoms with Crippen molar-refractivity contribution in [1.82, 2.24) is 4.90 Å². The second-order valence-corrected chi connectivity index (χ2v) is 5.03. The normalized spacial score (nSPS) is 16.9. The van der Waals surface area contributed by atoms with Gasteiger partial charge >= 0.3 is 0 Å². The number of carbonyl (C=O) groups is 2. The lowest BCUT2D eigenvalue weighted by Gasteiger charge is -2.09. The van der Waals surface area contributed by atoms with Crippen LogP contribution in [0.25, 0.3) is 6.08 Å². The maximum absolute atomic E-state index is 11.9. The number of benzene rings is 1. The number of rotatable bonds is 3. The first kappa shape index (κ1) is 15.8. The first-order chi connectivity index (χ1) is 8.61. The third-order valence-electron chi connectivity index (χ3n) is 2.60. The van der Waals surface area contributed by atoms with Gasteiger partial charge in [-0.15, -0.1) is 0 Å². The molecule has 0 unspecified atom stereocenters. The minimum absolute atomic E-state index is 0. The van der Waals surface area contributed by atoms with Crippen molar-refractivity contribution < 1.29 is 22.0 Å². The van der Waals surface area contributed by atoms with Gasteiger partial charge in [0.1, 0.15) is 0 Å². The summed E-state index contributed by atoms with van der Waals surface area (Å²) in [5.41, 5.74) is 7.44. The molecule has 0 aliphatic carbocycles. The summed E-state index contributed by atoms with van der Waals surface area (Å²) in [4.78, 5) is 25.2. The molecule has 1 heterocycles. The molecule has 2 rings (SSSR count). The Morgan fingerprint density at radius 2 is 1.89 bits per heavy atom. The summed E-state index contributed by atoms with van der Waals surface area (Å²) in [6, 6.07) is 7.78. The molecule has 1 aliphatic heterocycles. The largest absolute Gasteiger partial charge is 1.00 e. The third kappa shape index (κ3) is 3.59. The van der Waals surface area contributed by atoms with Gasteiger partial charge in [-0.3, -0.25) is 14.5 Å². The predicted molar refractivity (Wildman–Crippen MR) is 72.9 cm³/mol.